The average Bonchev–Trinajstić information content (AvgIpc) is 1.96. The van der Waals surface area contributed by atoms with Gasteiger partial charge in [-0.05, 0) is 37.1 Å². The highest BCUT2D eigenvalue weighted by Crippen LogP contribution is 2.26. The fourth-order valence-corrected chi connectivity index (χ4v) is 1.45. The Morgan fingerprint density at radius 2 is 1.83 bits per heavy atom. The third-order valence-electron chi connectivity index (χ3n) is 1.61. The van der Waals surface area contributed by atoms with Gasteiger partial charge in [0, 0.05) is 5.02 Å². The van der Waals surface area contributed by atoms with E-state index in [1.807, 2.05) is 13.8 Å². The van der Waals surface area contributed by atoms with Crippen LogP contribution in [0.3, 0.4) is 0 Å². The molecule has 0 spiro atoms. The second kappa shape index (κ2) is 3.53. The van der Waals surface area contributed by atoms with Crippen LogP contribution in [-0.4, -0.2) is 6.08 Å². The van der Waals surface area contributed by atoms with Gasteiger partial charge in [-0.1, -0.05) is 11.6 Å². The summed E-state index contributed by atoms with van der Waals surface area (Å²) < 4.78 is 0. The quantitative estimate of drug-likeness (QED) is 0.484. The number of benzene rings is 1. The van der Waals surface area contributed by atoms with Crippen LogP contribution in [0.25, 0.3) is 0 Å². The van der Waals surface area contributed by atoms with Gasteiger partial charge in [-0.25, -0.2) is 4.79 Å². The topological polar surface area (TPSA) is 29.4 Å². The zero-order valence-corrected chi connectivity index (χ0v) is 7.64. The lowest BCUT2D eigenvalue weighted by Gasteiger charge is -2.02. The van der Waals surface area contributed by atoms with Crippen molar-refractivity contribution in [3.63, 3.8) is 0 Å². The average molecular weight is 182 g/mol. The second-order valence-corrected chi connectivity index (χ2v) is 3.03. The molecule has 12 heavy (non-hydrogen) atoms. The molecule has 0 aliphatic carbocycles. The number of rotatable bonds is 1. The van der Waals surface area contributed by atoms with Crippen LogP contribution in [-0.2, 0) is 4.79 Å². The molecular formula is C9H8ClNO. The van der Waals surface area contributed by atoms with E-state index in [0.29, 0.717) is 10.7 Å². The van der Waals surface area contributed by atoms with Crippen molar-refractivity contribution in [3.8, 4) is 0 Å². The van der Waals surface area contributed by atoms with Crippen LogP contribution in [0.2, 0.25) is 5.02 Å². The number of halogens is 1. The summed E-state index contributed by atoms with van der Waals surface area (Å²) in [5, 5.41) is 0.662. The van der Waals surface area contributed by atoms with Crippen LogP contribution in [0.1, 0.15) is 11.1 Å². The highest BCUT2D eigenvalue weighted by Gasteiger charge is 2.01. The van der Waals surface area contributed by atoms with Crippen molar-refractivity contribution in [1.29, 1.82) is 0 Å². The predicted octanol–water partition coefficient (Wildman–Crippen LogP) is 2.92. The minimum atomic E-state index is 0.661. The van der Waals surface area contributed by atoms with E-state index >= 15 is 0 Å². The first-order chi connectivity index (χ1) is 5.65. The third-order valence-corrected chi connectivity index (χ3v) is 1.83. The van der Waals surface area contributed by atoms with E-state index < -0.39 is 0 Å². The van der Waals surface area contributed by atoms with E-state index in [-0.39, 0.29) is 0 Å². The van der Waals surface area contributed by atoms with Crippen LogP contribution in [0.4, 0.5) is 5.69 Å². The minimum Gasteiger partial charge on any atom is -0.211 e. The highest BCUT2D eigenvalue weighted by molar-refractivity contribution is 6.30. The van der Waals surface area contributed by atoms with Crippen molar-refractivity contribution in [2.75, 3.05) is 0 Å². The predicted molar refractivity (Wildman–Crippen MR) is 48.7 cm³/mol. The molecule has 0 atom stereocenters. The lowest BCUT2D eigenvalue weighted by molar-refractivity contribution is 0.565. The molecule has 0 bridgehead atoms. The molecule has 0 heterocycles. The van der Waals surface area contributed by atoms with Crippen molar-refractivity contribution >= 4 is 23.4 Å². The van der Waals surface area contributed by atoms with Gasteiger partial charge in [-0.15, -0.1) is 0 Å². The molecule has 2 nitrogen and oxygen atoms in total. The fraction of sp³-hybridized carbons (Fsp3) is 0.222. The SMILES string of the molecule is Cc1cc(Cl)cc(C)c1N=C=O. The van der Waals surface area contributed by atoms with Gasteiger partial charge < -0.3 is 0 Å². The number of aryl methyl sites for hydroxylation is 2. The van der Waals surface area contributed by atoms with Crippen molar-refractivity contribution in [1.82, 2.24) is 0 Å². The number of aliphatic imine (C=N–C) groups is 1. The Hall–Kier alpha value is -1.11. The number of nitrogens with zero attached hydrogens (tertiary/aromatic N) is 1. The van der Waals surface area contributed by atoms with E-state index in [1.165, 1.54) is 6.08 Å². The largest absolute Gasteiger partial charge is 0.240 e. The summed E-state index contributed by atoms with van der Waals surface area (Å²) in [6, 6.07) is 3.54. The lowest BCUT2D eigenvalue weighted by Crippen LogP contribution is -1.80. The van der Waals surface area contributed by atoms with Crippen molar-refractivity contribution in [3.05, 3.63) is 28.3 Å². The molecule has 0 saturated carbocycles. The fourth-order valence-electron chi connectivity index (χ4n) is 1.13. The van der Waals surface area contributed by atoms with Gasteiger partial charge in [0.05, 0.1) is 5.69 Å². The van der Waals surface area contributed by atoms with Crippen molar-refractivity contribution < 1.29 is 4.79 Å². The Morgan fingerprint density at radius 1 is 1.33 bits per heavy atom. The zero-order valence-electron chi connectivity index (χ0n) is 6.89. The van der Waals surface area contributed by atoms with Crippen LogP contribution < -0.4 is 0 Å². The first-order valence-corrected chi connectivity index (χ1v) is 3.87. The summed E-state index contributed by atoms with van der Waals surface area (Å²) in [5.41, 5.74) is 2.45. The molecule has 0 radical (unpaired) electrons. The normalized spacial score (nSPS) is 9.25. The van der Waals surface area contributed by atoms with Crippen LogP contribution in [0.5, 0.6) is 0 Å². The Bertz CT molecular complexity index is 331. The Labute approximate surface area is 75.9 Å². The number of hydrogen-bond acceptors (Lipinski definition) is 2. The van der Waals surface area contributed by atoms with E-state index in [1.54, 1.807) is 12.1 Å². The van der Waals surface area contributed by atoms with Gasteiger partial charge in [0.2, 0.25) is 6.08 Å². The summed E-state index contributed by atoms with van der Waals surface area (Å²) in [4.78, 5) is 13.6. The molecule has 0 aliphatic heterocycles. The standard InChI is InChI=1S/C9H8ClNO/c1-6-3-8(10)4-7(2)9(6)11-5-12/h3-4H,1-2H3. The van der Waals surface area contributed by atoms with E-state index in [4.69, 9.17) is 11.6 Å². The maximum Gasteiger partial charge on any atom is 0.240 e. The Balaban J connectivity index is 3.37. The highest BCUT2D eigenvalue weighted by atomic mass is 35.5. The minimum absolute atomic E-state index is 0.661. The van der Waals surface area contributed by atoms with Crippen molar-refractivity contribution in [2.45, 2.75) is 13.8 Å². The number of carbonyl (C=O) groups excluding carboxylic acids is 1. The summed E-state index contributed by atoms with van der Waals surface area (Å²) in [6.45, 7) is 3.71. The molecule has 62 valence electrons. The molecule has 0 unspecified atom stereocenters. The molecule has 3 heteroatoms. The van der Waals surface area contributed by atoms with Gasteiger partial charge in [0.1, 0.15) is 0 Å². The molecule has 1 aromatic carbocycles. The monoisotopic (exact) mass is 181 g/mol. The third kappa shape index (κ3) is 1.73. The molecular weight excluding hydrogens is 174 g/mol. The van der Waals surface area contributed by atoms with Gasteiger partial charge in [0.15, 0.2) is 0 Å². The Morgan fingerprint density at radius 3 is 2.25 bits per heavy atom. The molecule has 0 N–H and O–H groups in total. The number of isocyanates is 1. The summed E-state index contributed by atoms with van der Waals surface area (Å²) in [7, 11) is 0. The molecule has 1 aromatic rings. The van der Waals surface area contributed by atoms with Crippen LogP contribution >= 0.6 is 11.6 Å². The molecule has 0 amide bonds. The molecule has 0 saturated heterocycles. The first-order valence-electron chi connectivity index (χ1n) is 3.50. The van der Waals surface area contributed by atoms with E-state index in [9.17, 15) is 4.79 Å². The number of hydrogen-bond donors (Lipinski definition) is 0. The maximum absolute atomic E-state index is 10.0. The van der Waals surface area contributed by atoms with Crippen LogP contribution in [0.15, 0.2) is 17.1 Å². The van der Waals surface area contributed by atoms with E-state index in [0.717, 1.165) is 11.1 Å². The smallest absolute Gasteiger partial charge is 0.211 e. The van der Waals surface area contributed by atoms with Gasteiger partial charge >= 0.3 is 0 Å². The summed E-state index contributed by atoms with van der Waals surface area (Å²) in [5.74, 6) is 0. The van der Waals surface area contributed by atoms with E-state index in [2.05, 4.69) is 4.99 Å². The molecule has 0 aromatic heterocycles. The lowest BCUT2D eigenvalue weighted by atomic mass is 10.1. The van der Waals surface area contributed by atoms with Gasteiger partial charge in [-0.2, -0.15) is 4.99 Å². The molecule has 0 fully saturated rings. The zero-order chi connectivity index (χ0) is 9.14. The molecule has 1 rings (SSSR count). The van der Waals surface area contributed by atoms with Crippen molar-refractivity contribution in [2.24, 2.45) is 4.99 Å². The summed E-state index contributed by atoms with van der Waals surface area (Å²) in [6.07, 6.45) is 1.52. The van der Waals surface area contributed by atoms with Gasteiger partial charge in [0.25, 0.3) is 0 Å². The summed E-state index contributed by atoms with van der Waals surface area (Å²) >= 11 is 5.78. The van der Waals surface area contributed by atoms with Gasteiger partial charge in [-0.3, -0.25) is 0 Å². The second-order valence-electron chi connectivity index (χ2n) is 2.59. The Kier molecular flexibility index (Phi) is 2.64. The molecule has 0 aliphatic rings. The van der Waals surface area contributed by atoms with Crippen LogP contribution in [0, 0.1) is 13.8 Å². The maximum atomic E-state index is 10.0. The first kappa shape index (κ1) is 8.98.